The van der Waals surface area contributed by atoms with Gasteiger partial charge in [-0.05, 0) is 49.4 Å². The van der Waals surface area contributed by atoms with E-state index < -0.39 is 15.9 Å². The highest BCUT2D eigenvalue weighted by Crippen LogP contribution is 2.38. The lowest BCUT2D eigenvalue weighted by atomic mass is 10.3. The predicted molar refractivity (Wildman–Crippen MR) is 91.3 cm³/mol. The Bertz CT molecular complexity index is 754. The average Bonchev–Trinajstić information content (AvgIpc) is 3.09. The minimum absolute atomic E-state index is 0.0807. The normalized spacial score (nSPS) is 23.2. The first-order chi connectivity index (χ1) is 11.9. The maximum absolute atomic E-state index is 12.4. The third-order valence-electron chi connectivity index (χ3n) is 4.60. The zero-order valence-electron chi connectivity index (χ0n) is 14.1. The largest absolute Gasteiger partial charge is 0.455 e. The van der Waals surface area contributed by atoms with E-state index in [0.29, 0.717) is 24.7 Å². The van der Waals surface area contributed by atoms with E-state index >= 15 is 0 Å². The van der Waals surface area contributed by atoms with Gasteiger partial charge >= 0.3 is 5.97 Å². The SMILES string of the molecule is C[C@H]1C[C@H]1C(=O)OCC(=O)Nc1ccc(S(=O)(=O)N2CCCC2)cc1. The Morgan fingerprint density at radius 3 is 2.36 bits per heavy atom. The molecule has 0 unspecified atom stereocenters. The molecule has 1 amide bonds. The number of nitrogens with zero attached hydrogens (tertiary/aromatic N) is 1. The summed E-state index contributed by atoms with van der Waals surface area (Å²) in [7, 11) is -3.46. The Hall–Kier alpha value is -1.93. The summed E-state index contributed by atoms with van der Waals surface area (Å²) < 4.78 is 31.3. The van der Waals surface area contributed by atoms with E-state index in [0.717, 1.165) is 19.3 Å². The van der Waals surface area contributed by atoms with E-state index in [4.69, 9.17) is 4.74 Å². The van der Waals surface area contributed by atoms with Crippen LogP contribution in [0, 0.1) is 11.8 Å². The molecule has 1 aromatic carbocycles. The number of nitrogens with one attached hydrogen (secondary N) is 1. The van der Waals surface area contributed by atoms with Crippen LogP contribution in [-0.4, -0.2) is 44.3 Å². The lowest BCUT2D eigenvalue weighted by molar-refractivity contribution is -0.148. The molecule has 0 spiro atoms. The highest BCUT2D eigenvalue weighted by Gasteiger charge is 2.40. The number of ether oxygens (including phenoxy) is 1. The van der Waals surface area contributed by atoms with Crippen LogP contribution in [0.3, 0.4) is 0 Å². The summed E-state index contributed by atoms with van der Waals surface area (Å²) in [5.74, 6) is -0.532. The molecule has 1 aromatic rings. The number of carbonyl (C=O) groups excluding carboxylic acids is 2. The Labute approximate surface area is 147 Å². The molecule has 3 rings (SSSR count). The van der Waals surface area contributed by atoms with Gasteiger partial charge in [-0.2, -0.15) is 4.31 Å². The van der Waals surface area contributed by atoms with Gasteiger partial charge in [0.05, 0.1) is 10.8 Å². The molecule has 0 aromatic heterocycles. The summed E-state index contributed by atoms with van der Waals surface area (Å²) >= 11 is 0. The highest BCUT2D eigenvalue weighted by atomic mass is 32.2. The maximum atomic E-state index is 12.4. The summed E-state index contributed by atoms with van der Waals surface area (Å²) in [6, 6.07) is 6.01. The molecule has 1 saturated heterocycles. The molecule has 7 nitrogen and oxygen atoms in total. The van der Waals surface area contributed by atoms with Crippen LogP contribution < -0.4 is 5.32 Å². The summed E-state index contributed by atoms with van der Waals surface area (Å²) in [6.07, 6.45) is 2.57. The molecule has 1 N–H and O–H groups in total. The first kappa shape index (κ1) is 17.9. The highest BCUT2D eigenvalue weighted by molar-refractivity contribution is 7.89. The van der Waals surface area contributed by atoms with E-state index in [1.165, 1.54) is 28.6 Å². The lowest BCUT2D eigenvalue weighted by Crippen LogP contribution is -2.27. The number of anilines is 1. The standard InChI is InChI=1S/C17H22N2O5S/c1-12-10-15(12)17(21)24-11-16(20)18-13-4-6-14(7-5-13)25(22,23)19-8-2-3-9-19/h4-7,12,15H,2-3,8-11H2,1H3,(H,18,20)/t12-,15+/m0/s1. The predicted octanol–water partition coefficient (Wildman–Crippen LogP) is 1.61. The molecule has 1 heterocycles. The van der Waals surface area contributed by atoms with Crippen LogP contribution in [-0.2, 0) is 24.3 Å². The maximum Gasteiger partial charge on any atom is 0.309 e. The smallest absolute Gasteiger partial charge is 0.309 e. The topological polar surface area (TPSA) is 92.8 Å². The summed E-state index contributed by atoms with van der Waals surface area (Å²) in [4.78, 5) is 23.6. The molecule has 1 aliphatic heterocycles. The molecule has 1 aliphatic carbocycles. The number of amides is 1. The third-order valence-corrected chi connectivity index (χ3v) is 6.51. The van der Waals surface area contributed by atoms with Crippen LogP contribution in [0.4, 0.5) is 5.69 Å². The zero-order valence-corrected chi connectivity index (χ0v) is 14.9. The van der Waals surface area contributed by atoms with Gasteiger partial charge in [-0.25, -0.2) is 8.42 Å². The van der Waals surface area contributed by atoms with Gasteiger partial charge in [0, 0.05) is 18.8 Å². The third kappa shape index (κ3) is 4.19. The van der Waals surface area contributed by atoms with Crippen molar-refractivity contribution in [2.45, 2.75) is 31.1 Å². The van der Waals surface area contributed by atoms with Crippen molar-refractivity contribution in [1.82, 2.24) is 4.31 Å². The minimum atomic E-state index is -3.46. The average molecular weight is 366 g/mol. The Balaban J connectivity index is 1.53. The van der Waals surface area contributed by atoms with Crippen molar-refractivity contribution in [2.24, 2.45) is 11.8 Å². The van der Waals surface area contributed by atoms with Gasteiger partial charge in [-0.3, -0.25) is 9.59 Å². The molecule has 25 heavy (non-hydrogen) atoms. The quantitative estimate of drug-likeness (QED) is 0.772. The number of hydrogen-bond acceptors (Lipinski definition) is 5. The second kappa shape index (κ2) is 7.13. The second-order valence-corrected chi connectivity index (χ2v) is 8.55. The van der Waals surface area contributed by atoms with Crippen molar-refractivity contribution in [3.05, 3.63) is 24.3 Å². The fourth-order valence-electron chi connectivity index (χ4n) is 2.88. The molecule has 2 aliphatic rings. The van der Waals surface area contributed by atoms with Crippen molar-refractivity contribution in [1.29, 1.82) is 0 Å². The van der Waals surface area contributed by atoms with Crippen LogP contribution in [0.25, 0.3) is 0 Å². The van der Waals surface area contributed by atoms with Crippen molar-refractivity contribution >= 4 is 27.6 Å². The first-order valence-corrected chi connectivity index (χ1v) is 9.88. The molecule has 2 atom stereocenters. The molecule has 8 heteroatoms. The van der Waals surface area contributed by atoms with Gasteiger partial charge in [0.15, 0.2) is 6.61 Å². The van der Waals surface area contributed by atoms with E-state index in [2.05, 4.69) is 5.32 Å². The number of rotatable bonds is 6. The fraction of sp³-hybridized carbons (Fsp3) is 0.529. The van der Waals surface area contributed by atoms with Crippen LogP contribution in [0.1, 0.15) is 26.2 Å². The van der Waals surface area contributed by atoms with Crippen molar-refractivity contribution in [3.8, 4) is 0 Å². The Kier molecular flexibility index (Phi) is 5.10. The number of esters is 1. The molecular weight excluding hydrogens is 344 g/mol. The lowest BCUT2D eigenvalue weighted by Gasteiger charge is -2.15. The zero-order chi connectivity index (χ0) is 18.0. The number of hydrogen-bond donors (Lipinski definition) is 1. The molecule has 136 valence electrons. The minimum Gasteiger partial charge on any atom is -0.455 e. The van der Waals surface area contributed by atoms with E-state index in [-0.39, 0.29) is 23.4 Å². The molecule has 0 radical (unpaired) electrons. The van der Waals surface area contributed by atoms with Gasteiger partial charge in [0.1, 0.15) is 0 Å². The van der Waals surface area contributed by atoms with Crippen molar-refractivity contribution in [3.63, 3.8) is 0 Å². The molecule has 1 saturated carbocycles. The Morgan fingerprint density at radius 1 is 1.20 bits per heavy atom. The van der Waals surface area contributed by atoms with E-state index in [1.807, 2.05) is 6.92 Å². The molecule has 0 bridgehead atoms. The van der Waals surface area contributed by atoms with Gasteiger partial charge in [0.25, 0.3) is 5.91 Å². The van der Waals surface area contributed by atoms with E-state index in [1.54, 1.807) is 0 Å². The monoisotopic (exact) mass is 366 g/mol. The van der Waals surface area contributed by atoms with E-state index in [9.17, 15) is 18.0 Å². The van der Waals surface area contributed by atoms with Crippen LogP contribution in [0.2, 0.25) is 0 Å². The van der Waals surface area contributed by atoms with Crippen LogP contribution in [0.5, 0.6) is 0 Å². The fourth-order valence-corrected chi connectivity index (χ4v) is 4.40. The van der Waals surface area contributed by atoms with Crippen molar-refractivity contribution in [2.75, 3.05) is 25.0 Å². The molecule has 2 fully saturated rings. The van der Waals surface area contributed by atoms with Gasteiger partial charge in [-0.1, -0.05) is 6.92 Å². The first-order valence-electron chi connectivity index (χ1n) is 8.44. The summed E-state index contributed by atoms with van der Waals surface area (Å²) in [5, 5.41) is 2.59. The number of carbonyl (C=O) groups is 2. The van der Waals surface area contributed by atoms with Gasteiger partial charge in [0.2, 0.25) is 10.0 Å². The number of benzene rings is 1. The van der Waals surface area contributed by atoms with Crippen LogP contribution >= 0.6 is 0 Å². The summed E-state index contributed by atoms with van der Waals surface area (Å²) in [5.41, 5.74) is 0.459. The van der Waals surface area contributed by atoms with Gasteiger partial charge < -0.3 is 10.1 Å². The van der Waals surface area contributed by atoms with Gasteiger partial charge in [-0.15, -0.1) is 0 Å². The van der Waals surface area contributed by atoms with Crippen LogP contribution in [0.15, 0.2) is 29.2 Å². The van der Waals surface area contributed by atoms with Crippen molar-refractivity contribution < 1.29 is 22.7 Å². The molecular formula is C17H22N2O5S. The number of sulfonamides is 1. The summed E-state index contributed by atoms with van der Waals surface area (Å²) in [6.45, 7) is 2.72. The second-order valence-electron chi connectivity index (χ2n) is 6.61. The Morgan fingerprint density at radius 2 is 1.80 bits per heavy atom.